The number of anilines is 1. The molecule has 0 aliphatic rings. The summed E-state index contributed by atoms with van der Waals surface area (Å²) in [5.41, 5.74) is -0.261. The lowest BCUT2D eigenvalue weighted by Gasteiger charge is -2.15. The van der Waals surface area contributed by atoms with E-state index in [0.29, 0.717) is 16.3 Å². The van der Waals surface area contributed by atoms with Gasteiger partial charge >= 0.3 is 11.9 Å². The van der Waals surface area contributed by atoms with E-state index in [1.807, 2.05) is 0 Å². The predicted octanol–water partition coefficient (Wildman–Crippen LogP) is 1.54. The topological polar surface area (TPSA) is 163 Å². The second-order valence-electron chi connectivity index (χ2n) is 8.56. The van der Waals surface area contributed by atoms with Crippen LogP contribution in [0, 0.1) is 0 Å². The highest BCUT2D eigenvalue weighted by atomic mass is 35.5. The number of nitrogens with one attached hydrogen (secondary N) is 1. The summed E-state index contributed by atoms with van der Waals surface area (Å²) in [6.07, 6.45) is -2.30. The Labute approximate surface area is 232 Å². The van der Waals surface area contributed by atoms with E-state index in [0.717, 1.165) is 9.25 Å². The van der Waals surface area contributed by atoms with Crippen molar-refractivity contribution >= 4 is 23.3 Å². The zero-order valence-electron chi connectivity index (χ0n) is 20.7. The number of hydrogen-bond donors (Lipinski definition) is 2. The van der Waals surface area contributed by atoms with E-state index in [9.17, 15) is 27.9 Å². The van der Waals surface area contributed by atoms with Crippen LogP contribution in [-0.4, -0.2) is 72.2 Å². The molecule has 0 radical (unpaired) electrons. The van der Waals surface area contributed by atoms with Crippen LogP contribution in [0.4, 0.5) is 19.0 Å². The first kappa shape index (κ1) is 27.7. The Kier molecular flexibility index (Phi) is 7.62. The van der Waals surface area contributed by atoms with Gasteiger partial charge < -0.3 is 10.4 Å². The molecule has 5 rings (SSSR count). The lowest BCUT2D eigenvalue weighted by Crippen LogP contribution is -2.37. The molecule has 1 amide bonds. The molecular formula is C23H19ClF3N11O3. The first-order valence-electron chi connectivity index (χ1n) is 11.7. The molecule has 1 unspecified atom stereocenters. The Balaban J connectivity index is 1.41. The Morgan fingerprint density at radius 1 is 1.10 bits per heavy atom. The van der Waals surface area contributed by atoms with E-state index in [4.69, 9.17) is 11.6 Å². The minimum Gasteiger partial charge on any atom is -0.382 e. The van der Waals surface area contributed by atoms with Crippen molar-refractivity contribution in [2.45, 2.75) is 31.9 Å². The fourth-order valence-corrected chi connectivity index (χ4v) is 3.85. The average Bonchev–Trinajstić information content (AvgIpc) is 3.67. The number of aromatic nitrogens is 10. The van der Waals surface area contributed by atoms with E-state index in [1.54, 1.807) is 12.1 Å². The van der Waals surface area contributed by atoms with Crippen molar-refractivity contribution in [1.82, 2.24) is 48.9 Å². The largest absolute Gasteiger partial charge is 0.416 e. The lowest BCUT2D eigenvalue weighted by atomic mass is 10.2. The van der Waals surface area contributed by atoms with Crippen molar-refractivity contribution in [2.24, 2.45) is 0 Å². The smallest absolute Gasteiger partial charge is 0.382 e. The Morgan fingerprint density at radius 2 is 1.88 bits per heavy atom. The van der Waals surface area contributed by atoms with Gasteiger partial charge in [-0.05, 0) is 36.4 Å². The quantitative estimate of drug-likeness (QED) is 0.259. The van der Waals surface area contributed by atoms with E-state index < -0.39 is 30.4 Å². The molecule has 14 nitrogen and oxygen atoms in total. The number of rotatable bonds is 9. The fraction of sp³-hybridized carbons (Fsp3) is 0.217. The molecule has 0 bridgehead atoms. The molecular weight excluding hydrogens is 571 g/mol. The second-order valence-corrected chi connectivity index (χ2v) is 8.99. The third kappa shape index (κ3) is 6.30. The van der Waals surface area contributed by atoms with Gasteiger partial charge in [-0.2, -0.15) is 18.3 Å². The van der Waals surface area contributed by atoms with Gasteiger partial charge in [-0.15, -0.1) is 10.2 Å². The van der Waals surface area contributed by atoms with E-state index in [2.05, 4.69) is 35.6 Å². The summed E-state index contributed by atoms with van der Waals surface area (Å²) >= 11 is 5.91. The Hall–Kier alpha value is -4.90. The zero-order chi connectivity index (χ0) is 29.1. The number of aliphatic hydroxyl groups excluding tert-OH is 1. The standard InChI is InChI=1S/C23H19ClF3N11O3/c24-15-5-3-14(4-6-15)21-34-37(22(41)36(21)8-17(39)23(25,26)27)9-18-30-13-38(33-18)16-2-1-7-29-20(16)32-19(40)10-35-12-28-11-31-35/h1-7,11-13,17,39H,8-10H2,(H,29,32,40). The third-order valence-corrected chi connectivity index (χ3v) is 5.90. The first-order valence-corrected chi connectivity index (χ1v) is 12.1. The van der Waals surface area contributed by atoms with Crippen LogP contribution in [0.1, 0.15) is 5.82 Å². The molecule has 0 saturated heterocycles. The minimum absolute atomic E-state index is 0.0829. The molecule has 212 valence electrons. The molecule has 41 heavy (non-hydrogen) atoms. The number of pyridine rings is 1. The molecule has 1 atom stereocenters. The van der Waals surface area contributed by atoms with E-state index in [1.165, 1.54) is 58.8 Å². The molecule has 0 aliphatic carbocycles. The van der Waals surface area contributed by atoms with Crippen molar-refractivity contribution in [3.8, 4) is 17.1 Å². The SMILES string of the molecule is O=C(Cn1cncn1)Nc1ncccc1-n1cnc(Cn2nc(-c3ccc(Cl)cc3)n(CC(O)C(F)(F)F)c2=O)n1. The van der Waals surface area contributed by atoms with Crippen molar-refractivity contribution in [2.75, 3.05) is 5.32 Å². The third-order valence-electron chi connectivity index (χ3n) is 5.65. The maximum absolute atomic E-state index is 13.1. The summed E-state index contributed by atoms with van der Waals surface area (Å²) in [7, 11) is 0. The average molecular weight is 590 g/mol. The van der Waals surface area contributed by atoms with Crippen LogP contribution < -0.4 is 11.0 Å². The van der Waals surface area contributed by atoms with Crippen molar-refractivity contribution in [3.63, 3.8) is 0 Å². The highest BCUT2D eigenvalue weighted by Crippen LogP contribution is 2.24. The molecule has 0 saturated carbocycles. The van der Waals surface area contributed by atoms with Gasteiger partial charge in [-0.25, -0.2) is 33.8 Å². The van der Waals surface area contributed by atoms with Crippen LogP contribution in [0.15, 0.2) is 66.4 Å². The van der Waals surface area contributed by atoms with Crippen LogP contribution in [0.5, 0.6) is 0 Å². The molecule has 4 aromatic heterocycles. The van der Waals surface area contributed by atoms with Crippen LogP contribution >= 0.6 is 11.6 Å². The van der Waals surface area contributed by atoms with Crippen LogP contribution in [-0.2, 0) is 24.4 Å². The number of carbonyl (C=O) groups is 1. The summed E-state index contributed by atoms with van der Waals surface area (Å²) in [5.74, 6) is -0.288. The molecule has 4 heterocycles. The van der Waals surface area contributed by atoms with Crippen molar-refractivity contribution in [1.29, 1.82) is 0 Å². The van der Waals surface area contributed by atoms with Gasteiger partial charge in [-0.1, -0.05) is 11.6 Å². The first-order chi connectivity index (χ1) is 19.6. The normalized spacial score (nSPS) is 12.4. The van der Waals surface area contributed by atoms with Gasteiger partial charge in [0.1, 0.15) is 37.8 Å². The highest BCUT2D eigenvalue weighted by molar-refractivity contribution is 6.30. The monoisotopic (exact) mass is 589 g/mol. The summed E-state index contributed by atoms with van der Waals surface area (Å²) in [6, 6.07) is 9.18. The van der Waals surface area contributed by atoms with Gasteiger partial charge in [0.25, 0.3) is 0 Å². The lowest BCUT2D eigenvalue weighted by molar-refractivity contribution is -0.207. The van der Waals surface area contributed by atoms with Gasteiger partial charge in [0.2, 0.25) is 5.91 Å². The van der Waals surface area contributed by atoms with Gasteiger partial charge in [0, 0.05) is 16.8 Å². The molecule has 2 N–H and O–H groups in total. The number of aliphatic hydroxyl groups is 1. The number of alkyl halides is 3. The highest BCUT2D eigenvalue weighted by Gasteiger charge is 2.39. The van der Waals surface area contributed by atoms with E-state index >= 15 is 0 Å². The predicted molar refractivity (Wildman–Crippen MR) is 136 cm³/mol. The van der Waals surface area contributed by atoms with Crippen LogP contribution in [0.3, 0.4) is 0 Å². The Morgan fingerprint density at radius 3 is 2.59 bits per heavy atom. The summed E-state index contributed by atoms with van der Waals surface area (Å²) < 4.78 is 43.6. The minimum atomic E-state index is -4.95. The molecule has 1 aromatic carbocycles. The van der Waals surface area contributed by atoms with E-state index in [-0.39, 0.29) is 30.6 Å². The van der Waals surface area contributed by atoms with Crippen LogP contribution in [0.2, 0.25) is 5.02 Å². The maximum atomic E-state index is 13.1. The number of nitrogens with zero attached hydrogens (tertiary/aromatic N) is 10. The zero-order valence-corrected chi connectivity index (χ0v) is 21.5. The molecule has 0 spiro atoms. The molecule has 0 fully saturated rings. The molecule has 5 aromatic rings. The molecule has 18 heteroatoms. The second kappa shape index (κ2) is 11.3. The number of carbonyl (C=O) groups excluding carboxylic acids is 1. The number of hydrogen-bond acceptors (Lipinski definition) is 9. The number of benzene rings is 1. The van der Waals surface area contributed by atoms with Gasteiger partial charge in [0.05, 0.1) is 6.54 Å². The summed E-state index contributed by atoms with van der Waals surface area (Å²) in [4.78, 5) is 37.7. The Bertz CT molecular complexity index is 1710. The summed E-state index contributed by atoms with van der Waals surface area (Å²) in [5, 5.41) is 25.1. The maximum Gasteiger partial charge on any atom is 0.416 e. The molecule has 0 aliphatic heterocycles. The van der Waals surface area contributed by atoms with Crippen molar-refractivity contribution < 1.29 is 23.1 Å². The number of halogens is 4. The van der Waals surface area contributed by atoms with Crippen LogP contribution in [0.25, 0.3) is 17.1 Å². The van der Waals surface area contributed by atoms with Gasteiger partial charge in [-0.3, -0.25) is 9.36 Å². The van der Waals surface area contributed by atoms with Crippen molar-refractivity contribution in [3.05, 3.63) is 82.9 Å². The number of amides is 1. The van der Waals surface area contributed by atoms with Gasteiger partial charge in [0.15, 0.2) is 23.6 Å². The summed E-state index contributed by atoms with van der Waals surface area (Å²) in [6.45, 7) is -1.49. The fourth-order valence-electron chi connectivity index (χ4n) is 3.73.